The van der Waals surface area contributed by atoms with Crippen LogP contribution in [0, 0.1) is 6.92 Å². The van der Waals surface area contributed by atoms with Crippen molar-refractivity contribution < 1.29 is 4.79 Å². The van der Waals surface area contributed by atoms with Gasteiger partial charge < -0.3 is 10.2 Å². The van der Waals surface area contributed by atoms with Gasteiger partial charge in [0.15, 0.2) is 5.82 Å². The van der Waals surface area contributed by atoms with Crippen LogP contribution in [0.3, 0.4) is 0 Å². The van der Waals surface area contributed by atoms with Crippen LogP contribution in [0.1, 0.15) is 53.7 Å². The van der Waals surface area contributed by atoms with Gasteiger partial charge in [-0.25, -0.2) is 15.0 Å². The zero-order valence-corrected chi connectivity index (χ0v) is 18.3. The van der Waals surface area contributed by atoms with Crippen LogP contribution < -0.4 is 5.32 Å². The summed E-state index contributed by atoms with van der Waals surface area (Å²) in [4.78, 5) is 33.8. The number of hydrogen-bond donors (Lipinski definition) is 1. The van der Waals surface area contributed by atoms with Crippen molar-refractivity contribution in [2.45, 2.75) is 45.6 Å². The molecule has 0 unspecified atom stereocenters. The lowest BCUT2D eigenvalue weighted by atomic mass is 9.94. The SMILES string of the molecule is Cc1ncc(-c2nc(NC(C)C)cc([C@H]3CCCN(C(=O)c4cccnc4)C3)n2)s1. The largest absolute Gasteiger partial charge is 0.368 e. The van der Waals surface area contributed by atoms with Gasteiger partial charge in [0.25, 0.3) is 5.91 Å². The topological polar surface area (TPSA) is 83.9 Å². The number of anilines is 1. The van der Waals surface area contributed by atoms with Crippen LogP contribution in [0.5, 0.6) is 0 Å². The molecule has 0 bridgehead atoms. The summed E-state index contributed by atoms with van der Waals surface area (Å²) in [6.45, 7) is 7.56. The Labute approximate surface area is 180 Å². The Morgan fingerprint density at radius 3 is 2.87 bits per heavy atom. The summed E-state index contributed by atoms with van der Waals surface area (Å²) < 4.78 is 0. The van der Waals surface area contributed by atoms with E-state index in [1.807, 2.05) is 30.2 Å². The van der Waals surface area contributed by atoms with Crippen molar-refractivity contribution in [1.82, 2.24) is 24.8 Å². The Bertz CT molecular complexity index is 1020. The van der Waals surface area contributed by atoms with Gasteiger partial charge in [0.1, 0.15) is 5.82 Å². The lowest BCUT2D eigenvalue weighted by Gasteiger charge is -2.32. The molecule has 156 valence electrons. The Hall–Kier alpha value is -2.87. The molecule has 3 aromatic heterocycles. The van der Waals surface area contributed by atoms with Crippen LogP contribution in [-0.2, 0) is 0 Å². The monoisotopic (exact) mass is 422 g/mol. The predicted octanol–water partition coefficient (Wildman–Crippen LogP) is 4.14. The third-order valence-corrected chi connectivity index (χ3v) is 5.97. The third-order valence-electron chi connectivity index (χ3n) is 5.06. The number of hydrogen-bond acceptors (Lipinski definition) is 7. The zero-order valence-electron chi connectivity index (χ0n) is 17.5. The number of piperidine rings is 1. The lowest BCUT2D eigenvalue weighted by Crippen LogP contribution is -2.39. The molecule has 0 saturated carbocycles. The number of nitrogens with zero attached hydrogens (tertiary/aromatic N) is 5. The van der Waals surface area contributed by atoms with Crippen molar-refractivity contribution in [3.8, 4) is 10.7 Å². The average molecular weight is 423 g/mol. The van der Waals surface area contributed by atoms with Crippen molar-refractivity contribution in [3.63, 3.8) is 0 Å². The smallest absolute Gasteiger partial charge is 0.255 e. The van der Waals surface area contributed by atoms with Gasteiger partial charge in [0.05, 0.1) is 21.1 Å². The normalized spacial score (nSPS) is 16.7. The van der Waals surface area contributed by atoms with Crippen molar-refractivity contribution in [2.24, 2.45) is 0 Å². The van der Waals surface area contributed by atoms with Gasteiger partial charge in [-0.3, -0.25) is 9.78 Å². The molecule has 1 fully saturated rings. The van der Waals surface area contributed by atoms with Crippen molar-refractivity contribution in [3.05, 3.63) is 53.1 Å². The number of aryl methyl sites for hydroxylation is 1. The maximum Gasteiger partial charge on any atom is 0.255 e. The van der Waals surface area contributed by atoms with E-state index in [4.69, 9.17) is 9.97 Å². The van der Waals surface area contributed by atoms with Gasteiger partial charge in [0.2, 0.25) is 0 Å². The summed E-state index contributed by atoms with van der Waals surface area (Å²) in [5.74, 6) is 1.70. The Morgan fingerprint density at radius 1 is 1.30 bits per heavy atom. The summed E-state index contributed by atoms with van der Waals surface area (Å²) in [7, 11) is 0. The molecule has 4 heterocycles. The number of carbonyl (C=O) groups excluding carboxylic acids is 1. The van der Waals surface area contributed by atoms with Crippen LogP contribution >= 0.6 is 11.3 Å². The fourth-order valence-electron chi connectivity index (χ4n) is 3.69. The van der Waals surface area contributed by atoms with Gasteiger partial charge in [-0.05, 0) is 45.7 Å². The Kier molecular flexibility index (Phi) is 6.03. The first kappa shape index (κ1) is 20.4. The molecule has 4 rings (SSSR count). The van der Waals surface area contributed by atoms with E-state index in [-0.39, 0.29) is 17.9 Å². The Balaban J connectivity index is 1.62. The zero-order chi connectivity index (χ0) is 21.1. The van der Waals surface area contributed by atoms with Crippen molar-refractivity contribution >= 4 is 23.1 Å². The molecular formula is C22H26N6OS. The molecule has 0 spiro atoms. The van der Waals surface area contributed by atoms with E-state index in [0.29, 0.717) is 17.9 Å². The van der Waals surface area contributed by atoms with E-state index in [1.165, 1.54) is 0 Å². The summed E-state index contributed by atoms with van der Waals surface area (Å²) in [5.41, 5.74) is 1.60. The van der Waals surface area contributed by atoms with E-state index in [2.05, 4.69) is 29.1 Å². The second-order valence-corrected chi connectivity index (χ2v) is 9.11. The summed E-state index contributed by atoms with van der Waals surface area (Å²) in [5, 5.41) is 4.39. The minimum Gasteiger partial charge on any atom is -0.368 e. The molecule has 1 atom stereocenters. The molecule has 1 N–H and O–H groups in total. The first-order chi connectivity index (χ1) is 14.5. The molecule has 1 amide bonds. The highest BCUT2D eigenvalue weighted by Crippen LogP contribution is 2.31. The number of thiazole rings is 1. The summed E-state index contributed by atoms with van der Waals surface area (Å²) >= 11 is 1.59. The quantitative estimate of drug-likeness (QED) is 0.665. The first-order valence-electron chi connectivity index (χ1n) is 10.3. The number of carbonyl (C=O) groups is 1. The summed E-state index contributed by atoms with van der Waals surface area (Å²) in [6.07, 6.45) is 7.09. The van der Waals surface area contributed by atoms with Crippen molar-refractivity contribution in [1.29, 1.82) is 0 Å². The minimum atomic E-state index is 0.0284. The molecular weight excluding hydrogens is 396 g/mol. The number of amides is 1. The molecule has 1 aliphatic heterocycles. The number of nitrogens with one attached hydrogen (secondary N) is 1. The lowest BCUT2D eigenvalue weighted by molar-refractivity contribution is 0.0705. The molecule has 7 nitrogen and oxygen atoms in total. The van der Waals surface area contributed by atoms with E-state index in [0.717, 1.165) is 40.8 Å². The highest BCUT2D eigenvalue weighted by atomic mass is 32.1. The van der Waals surface area contributed by atoms with Crippen LogP contribution in [0.15, 0.2) is 36.8 Å². The van der Waals surface area contributed by atoms with Crippen LogP contribution in [0.2, 0.25) is 0 Å². The number of pyridine rings is 1. The molecule has 0 aromatic carbocycles. The van der Waals surface area contributed by atoms with Crippen LogP contribution in [0.4, 0.5) is 5.82 Å². The first-order valence-corrected chi connectivity index (χ1v) is 11.1. The van der Waals surface area contributed by atoms with Crippen LogP contribution in [-0.4, -0.2) is 49.9 Å². The molecule has 8 heteroatoms. The van der Waals surface area contributed by atoms with E-state index < -0.39 is 0 Å². The number of likely N-dealkylation sites (tertiary alicyclic amines) is 1. The van der Waals surface area contributed by atoms with Gasteiger partial charge in [-0.2, -0.15) is 0 Å². The molecule has 30 heavy (non-hydrogen) atoms. The molecule has 0 aliphatic carbocycles. The van der Waals surface area contributed by atoms with Gasteiger partial charge >= 0.3 is 0 Å². The number of rotatable bonds is 5. The van der Waals surface area contributed by atoms with Gasteiger partial charge in [-0.1, -0.05) is 0 Å². The Morgan fingerprint density at radius 2 is 2.17 bits per heavy atom. The second-order valence-electron chi connectivity index (χ2n) is 7.88. The van der Waals surface area contributed by atoms with Crippen molar-refractivity contribution in [2.75, 3.05) is 18.4 Å². The number of aromatic nitrogens is 4. The van der Waals surface area contributed by atoms with Gasteiger partial charge in [0, 0.05) is 49.7 Å². The molecule has 1 aliphatic rings. The second kappa shape index (κ2) is 8.87. The fraction of sp³-hybridized carbons (Fsp3) is 0.409. The maximum absolute atomic E-state index is 12.9. The fourth-order valence-corrected chi connectivity index (χ4v) is 4.41. The predicted molar refractivity (Wildman–Crippen MR) is 119 cm³/mol. The standard InChI is InChI=1S/C22H26N6OS/c1-14(2)25-20-10-18(26-21(27-20)19-12-24-15(3)30-19)17-7-5-9-28(13-17)22(29)16-6-4-8-23-11-16/h4,6,8,10-12,14,17H,5,7,9,13H2,1-3H3,(H,25,26,27)/t17-/m0/s1. The summed E-state index contributed by atoms with van der Waals surface area (Å²) in [6, 6.07) is 5.91. The maximum atomic E-state index is 12.9. The van der Waals surface area contributed by atoms with E-state index >= 15 is 0 Å². The molecule has 1 saturated heterocycles. The molecule has 3 aromatic rings. The highest BCUT2D eigenvalue weighted by molar-refractivity contribution is 7.14. The highest BCUT2D eigenvalue weighted by Gasteiger charge is 2.27. The molecule has 0 radical (unpaired) electrons. The third kappa shape index (κ3) is 4.64. The van der Waals surface area contributed by atoms with E-state index in [1.54, 1.807) is 29.8 Å². The van der Waals surface area contributed by atoms with Crippen LogP contribution in [0.25, 0.3) is 10.7 Å². The van der Waals surface area contributed by atoms with Gasteiger partial charge in [-0.15, -0.1) is 11.3 Å². The average Bonchev–Trinajstić information content (AvgIpc) is 3.19. The van der Waals surface area contributed by atoms with E-state index in [9.17, 15) is 4.79 Å². The minimum absolute atomic E-state index is 0.0284.